The number of ether oxygens (including phenoxy) is 3. The second-order valence-corrected chi connectivity index (χ2v) is 12.4. The molecule has 0 amide bonds. The number of aromatic amines is 1. The van der Waals surface area contributed by atoms with Gasteiger partial charge in [-0.05, 0) is 12.8 Å². The molecule has 2 aromatic heterocycles. The van der Waals surface area contributed by atoms with Crippen LogP contribution in [0.15, 0.2) is 11.1 Å². The van der Waals surface area contributed by atoms with Crippen LogP contribution in [-0.4, -0.2) is 69.8 Å². The summed E-state index contributed by atoms with van der Waals surface area (Å²) in [4.78, 5) is 59.1. The first kappa shape index (κ1) is 28.4. The average molecular weight is 591 g/mol. The molecular formula is C15H24N5O14P3. The van der Waals surface area contributed by atoms with Gasteiger partial charge < -0.3 is 39.5 Å². The van der Waals surface area contributed by atoms with E-state index < -0.39 is 66.0 Å². The number of nitrogen functional groups attached to an aromatic ring is 1. The molecule has 2 aliphatic heterocycles. The molecule has 4 heterocycles. The van der Waals surface area contributed by atoms with Gasteiger partial charge in [0, 0.05) is 0 Å². The Morgan fingerprint density at radius 3 is 2.38 bits per heavy atom. The Bertz CT molecular complexity index is 1370. The monoisotopic (exact) mass is 591 g/mol. The third kappa shape index (κ3) is 6.04. The SMILES string of the molecule is CCC1(CC)OC2C(COP(=O)(O)OP(=O)(O)OP(=O)(O)O)OC(n3cnc4c(=O)[nH]c(N)nc43)C2O1. The Labute approximate surface area is 207 Å². The molecule has 37 heavy (non-hydrogen) atoms. The van der Waals surface area contributed by atoms with Crippen LogP contribution in [0.3, 0.4) is 0 Å². The number of nitrogens with two attached hydrogens (primary N) is 1. The highest BCUT2D eigenvalue weighted by Crippen LogP contribution is 2.66. The predicted molar refractivity (Wildman–Crippen MR) is 119 cm³/mol. The van der Waals surface area contributed by atoms with E-state index in [1.165, 1.54) is 10.9 Å². The summed E-state index contributed by atoms with van der Waals surface area (Å²) in [5.41, 5.74) is 5.08. The smallest absolute Gasteiger partial charge is 0.369 e. The highest BCUT2D eigenvalue weighted by Gasteiger charge is 2.58. The Morgan fingerprint density at radius 2 is 1.76 bits per heavy atom. The summed E-state index contributed by atoms with van der Waals surface area (Å²) in [5.74, 6) is -1.23. The van der Waals surface area contributed by atoms with Crippen LogP contribution in [0.1, 0.15) is 32.9 Å². The number of anilines is 1. The number of imidazole rings is 1. The number of phosphoric ester groups is 1. The van der Waals surface area contributed by atoms with Crippen molar-refractivity contribution in [2.75, 3.05) is 12.3 Å². The summed E-state index contributed by atoms with van der Waals surface area (Å²) >= 11 is 0. The molecule has 0 spiro atoms. The van der Waals surface area contributed by atoms with Crippen molar-refractivity contribution in [3.8, 4) is 0 Å². The zero-order valence-electron chi connectivity index (χ0n) is 19.1. The van der Waals surface area contributed by atoms with Gasteiger partial charge in [-0.1, -0.05) is 13.8 Å². The average Bonchev–Trinajstić information content (AvgIpc) is 3.41. The second kappa shape index (κ2) is 9.88. The summed E-state index contributed by atoms with van der Waals surface area (Å²) in [5, 5.41) is 0. The maximum absolute atomic E-state index is 12.2. The number of phosphoric acid groups is 3. The maximum Gasteiger partial charge on any atom is 0.490 e. The molecule has 0 bridgehead atoms. The summed E-state index contributed by atoms with van der Waals surface area (Å²) in [6.07, 6.45) is -1.83. The predicted octanol–water partition coefficient (Wildman–Crippen LogP) is 0.243. The van der Waals surface area contributed by atoms with Gasteiger partial charge in [-0.3, -0.25) is 18.9 Å². The minimum Gasteiger partial charge on any atom is -0.369 e. The van der Waals surface area contributed by atoms with Gasteiger partial charge >= 0.3 is 23.5 Å². The van der Waals surface area contributed by atoms with E-state index in [4.69, 9.17) is 34.3 Å². The van der Waals surface area contributed by atoms with E-state index in [1.807, 2.05) is 13.8 Å². The minimum absolute atomic E-state index is 0.0396. The number of H-pyrrole nitrogens is 1. The van der Waals surface area contributed by atoms with Crippen molar-refractivity contribution in [1.82, 2.24) is 19.5 Å². The van der Waals surface area contributed by atoms with Crippen molar-refractivity contribution in [2.24, 2.45) is 0 Å². The van der Waals surface area contributed by atoms with Crippen molar-refractivity contribution in [3.05, 3.63) is 16.7 Å². The Hall–Kier alpha value is -1.56. The molecule has 0 saturated carbocycles. The zero-order valence-corrected chi connectivity index (χ0v) is 21.8. The molecular weight excluding hydrogens is 567 g/mol. The standard InChI is InChI=1S/C15H24N5O14P3/c1-3-15(4-2)31-9-7(5-29-36(25,26)34-37(27,28)33-35(22,23)24)30-13(10(9)32-15)20-6-17-8-11(20)18-14(16)19-12(8)21/h6-7,9-10,13H,3-5H2,1-2H3,(H,25,26)(H,27,28)(H2,22,23,24)(H3,16,18,19,21). The van der Waals surface area contributed by atoms with Crippen molar-refractivity contribution < 1.29 is 60.6 Å². The molecule has 2 aromatic rings. The molecule has 7 N–H and O–H groups in total. The topological polar surface area (TPSA) is 277 Å². The zero-order chi connectivity index (χ0) is 27.4. The normalized spacial score (nSPS) is 28.7. The van der Waals surface area contributed by atoms with Crippen LogP contribution in [0.2, 0.25) is 0 Å². The lowest BCUT2D eigenvalue weighted by Crippen LogP contribution is -2.35. The van der Waals surface area contributed by atoms with Crippen molar-refractivity contribution in [1.29, 1.82) is 0 Å². The van der Waals surface area contributed by atoms with Crippen molar-refractivity contribution in [3.63, 3.8) is 0 Å². The van der Waals surface area contributed by atoms with Crippen molar-refractivity contribution >= 4 is 40.6 Å². The van der Waals surface area contributed by atoms with Crippen LogP contribution in [0.25, 0.3) is 11.2 Å². The third-order valence-corrected chi connectivity index (χ3v) is 9.41. The molecule has 0 aliphatic carbocycles. The molecule has 2 saturated heterocycles. The molecule has 19 nitrogen and oxygen atoms in total. The van der Waals surface area contributed by atoms with E-state index in [2.05, 4.69) is 23.6 Å². The van der Waals surface area contributed by atoms with Crippen molar-refractivity contribution in [2.45, 2.75) is 57.0 Å². The summed E-state index contributed by atoms with van der Waals surface area (Å²) in [7, 11) is -16.7. The number of hydrogen-bond acceptors (Lipinski definition) is 13. The van der Waals surface area contributed by atoms with Gasteiger partial charge in [-0.25, -0.2) is 18.7 Å². The Kier molecular flexibility index (Phi) is 7.59. The van der Waals surface area contributed by atoms with E-state index >= 15 is 0 Å². The molecule has 2 fully saturated rings. The lowest BCUT2D eigenvalue weighted by atomic mass is 10.1. The van der Waals surface area contributed by atoms with Crippen LogP contribution in [-0.2, 0) is 41.1 Å². The Morgan fingerprint density at radius 1 is 1.11 bits per heavy atom. The lowest BCUT2D eigenvalue weighted by molar-refractivity contribution is -0.222. The summed E-state index contributed by atoms with van der Waals surface area (Å²) in [6, 6.07) is 0. The molecule has 2 aliphatic rings. The highest BCUT2D eigenvalue weighted by molar-refractivity contribution is 7.66. The van der Waals surface area contributed by atoms with Crippen LogP contribution < -0.4 is 11.3 Å². The Balaban J connectivity index is 1.59. The molecule has 6 atom stereocenters. The van der Waals surface area contributed by atoms with Gasteiger partial charge in [0.25, 0.3) is 5.56 Å². The number of fused-ring (bicyclic) bond motifs is 2. The van der Waals surface area contributed by atoms with Gasteiger partial charge in [0.2, 0.25) is 5.95 Å². The molecule has 0 aromatic carbocycles. The third-order valence-electron chi connectivity index (χ3n) is 5.61. The number of hydrogen-bond donors (Lipinski definition) is 6. The highest BCUT2D eigenvalue weighted by atomic mass is 31.3. The fourth-order valence-electron chi connectivity index (χ4n) is 4.04. The molecule has 22 heteroatoms. The first-order valence-corrected chi connectivity index (χ1v) is 15.1. The lowest BCUT2D eigenvalue weighted by Gasteiger charge is -2.29. The quantitative estimate of drug-likeness (QED) is 0.202. The summed E-state index contributed by atoms with van der Waals surface area (Å²) < 4.78 is 66.3. The number of nitrogens with one attached hydrogen (secondary N) is 1. The van der Waals surface area contributed by atoms with Crippen LogP contribution in [0.5, 0.6) is 0 Å². The van der Waals surface area contributed by atoms with E-state index in [0.717, 1.165) is 0 Å². The van der Waals surface area contributed by atoms with E-state index in [0.29, 0.717) is 12.8 Å². The number of nitrogens with zero attached hydrogens (tertiary/aromatic N) is 3. The van der Waals surface area contributed by atoms with Crippen LogP contribution in [0.4, 0.5) is 5.95 Å². The van der Waals surface area contributed by atoms with E-state index in [9.17, 15) is 28.3 Å². The van der Waals surface area contributed by atoms with E-state index in [1.54, 1.807) is 0 Å². The number of aromatic nitrogens is 4. The molecule has 6 unspecified atom stereocenters. The fraction of sp³-hybridized carbons (Fsp3) is 0.667. The number of rotatable bonds is 10. The fourth-order valence-corrected chi connectivity index (χ4v) is 7.07. The van der Waals surface area contributed by atoms with Gasteiger partial charge in [-0.15, -0.1) is 0 Å². The van der Waals surface area contributed by atoms with Crippen LogP contribution >= 0.6 is 23.5 Å². The molecule has 4 rings (SSSR count). The maximum atomic E-state index is 12.2. The van der Waals surface area contributed by atoms with Crippen LogP contribution in [0, 0.1) is 0 Å². The summed E-state index contributed by atoms with van der Waals surface area (Å²) in [6.45, 7) is 2.86. The minimum atomic E-state index is -5.70. The van der Waals surface area contributed by atoms with Gasteiger partial charge in [-0.2, -0.15) is 13.6 Å². The van der Waals surface area contributed by atoms with Gasteiger partial charge in [0.15, 0.2) is 23.2 Å². The first-order valence-electron chi connectivity index (χ1n) is 10.6. The largest absolute Gasteiger partial charge is 0.490 e. The molecule has 208 valence electrons. The van der Waals surface area contributed by atoms with E-state index in [-0.39, 0.29) is 17.1 Å². The van der Waals surface area contributed by atoms with Gasteiger partial charge in [0.05, 0.1) is 12.9 Å². The van der Waals surface area contributed by atoms with Gasteiger partial charge in [0.1, 0.15) is 18.3 Å². The molecule has 0 radical (unpaired) electrons. The second-order valence-electron chi connectivity index (χ2n) is 8.01. The first-order chi connectivity index (χ1) is 17.1.